The van der Waals surface area contributed by atoms with Crippen molar-refractivity contribution in [3.8, 4) is 0 Å². The standard InChI is InChI=1S/C5H10INO2S/c1-5(10(8)9)7(2)4-3-6/h10H,1,3-4H2,2H3. The van der Waals surface area contributed by atoms with Crippen molar-refractivity contribution in [1.82, 2.24) is 4.90 Å². The lowest BCUT2D eigenvalue weighted by Gasteiger charge is -2.14. The Morgan fingerprint density at radius 1 is 1.70 bits per heavy atom. The van der Waals surface area contributed by atoms with Crippen LogP contribution in [0.25, 0.3) is 0 Å². The Balaban J connectivity index is 3.95. The Hall–Kier alpha value is 0.220. The molecule has 0 radical (unpaired) electrons. The second-order valence-corrected chi connectivity index (χ2v) is 3.89. The number of nitrogens with zero attached hydrogens (tertiary/aromatic N) is 1. The molecule has 0 heterocycles. The highest BCUT2D eigenvalue weighted by Gasteiger charge is 2.01. The summed E-state index contributed by atoms with van der Waals surface area (Å²) in [5.74, 6) is 0. The van der Waals surface area contributed by atoms with Gasteiger partial charge in [-0.05, 0) is 0 Å². The van der Waals surface area contributed by atoms with Gasteiger partial charge in [-0.3, -0.25) is 0 Å². The molecule has 0 aromatic rings. The van der Waals surface area contributed by atoms with Crippen LogP contribution in [0, 0.1) is 0 Å². The molecule has 0 rings (SSSR count). The third kappa shape index (κ3) is 3.40. The highest BCUT2D eigenvalue weighted by molar-refractivity contribution is 14.1. The van der Waals surface area contributed by atoms with Gasteiger partial charge in [0.15, 0.2) is 10.7 Å². The van der Waals surface area contributed by atoms with Crippen LogP contribution in [-0.4, -0.2) is 31.3 Å². The molecule has 0 N–H and O–H groups in total. The van der Waals surface area contributed by atoms with Crippen molar-refractivity contribution in [3.63, 3.8) is 0 Å². The van der Waals surface area contributed by atoms with E-state index >= 15 is 0 Å². The molecule has 0 atom stereocenters. The van der Waals surface area contributed by atoms with E-state index in [4.69, 9.17) is 0 Å². The van der Waals surface area contributed by atoms with E-state index in [1.54, 1.807) is 11.9 Å². The zero-order chi connectivity index (χ0) is 8.15. The molecule has 60 valence electrons. The van der Waals surface area contributed by atoms with Gasteiger partial charge in [0.05, 0.1) is 0 Å². The monoisotopic (exact) mass is 275 g/mol. The predicted octanol–water partition coefficient (Wildman–Crippen LogP) is 0.436. The average Bonchev–Trinajstić information content (AvgIpc) is 1.87. The molecule has 0 amide bonds. The van der Waals surface area contributed by atoms with Gasteiger partial charge in [-0.1, -0.05) is 29.2 Å². The molecule has 0 aliphatic carbocycles. The van der Waals surface area contributed by atoms with Crippen LogP contribution in [0.4, 0.5) is 0 Å². The maximum absolute atomic E-state index is 10.3. The number of alkyl halides is 1. The van der Waals surface area contributed by atoms with Gasteiger partial charge < -0.3 is 4.90 Å². The maximum Gasteiger partial charge on any atom is 0.182 e. The zero-order valence-corrected chi connectivity index (χ0v) is 8.76. The molecule has 0 aliphatic heterocycles. The highest BCUT2D eigenvalue weighted by atomic mass is 127. The lowest BCUT2D eigenvalue weighted by molar-refractivity contribution is 0.471. The van der Waals surface area contributed by atoms with Crippen LogP contribution in [0.15, 0.2) is 11.6 Å². The van der Waals surface area contributed by atoms with Crippen LogP contribution < -0.4 is 0 Å². The van der Waals surface area contributed by atoms with Crippen LogP contribution in [0.2, 0.25) is 0 Å². The van der Waals surface area contributed by atoms with Gasteiger partial charge in [-0.2, -0.15) is 0 Å². The van der Waals surface area contributed by atoms with E-state index in [9.17, 15) is 8.42 Å². The normalized spacial score (nSPS) is 9.90. The fourth-order valence-electron chi connectivity index (χ4n) is 0.395. The first-order chi connectivity index (χ1) is 4.59. The number of halogens is 1. The van der Waals surface area contributed by atoms with Crippen LogP contribution in [0.1, 0.15) is 0 Å². The van der Waals surface area contributed by atoms with Gasteiger partial charge in [0.1, 0.15) is 5.03 Å². The fourth-order valence-corrected chi connectivity index (χ4v) is 1.50. The van der Waals surface area contributed by atoms with Crippen molar-refractivity contribution >= 4 is 33.3 Å². The minimum Gasteiger partial charge on any atom is -0.365 e. The third-order valence-electron chi connectivity index (χ3n) is 1.07. The molecule has 0 fully saturated rings. The first kappa shape index (κ1) is 10.2. The zero-order valence-electron chi connectivity index (χ0n) is 5.71. The van der Waals surface area contributed by atoms with Crippen molar-refractivity contribution in [2.45, 2.75) is 0 Å². The number of thiol groups is 1. The lowest BCUT2D eigenvalue weighted by Crippen LogP contribution is -2.19. The van der Waals surface area contributed by atoms with Crippen LogP contribution in [0.5, 0.6) is 0 Å². The molecular formula is C5H10INO2S. The Morgan fingerprint density at radius 2 is 2.20 bits per heavy atom. The number of hydrogen-bond donors (Lipinski definition) is 1. The summed E-state index contributed by atoms with van der Waals surface area (Å²) in [5, 5.41) is 0.187. The first-order valence-corrected chi connectivity index (χ1v) is 5.40. The largest absolute Gasteiger partial charge is 0.365 e. The summed E-state index contributed by atoms with van der Waals surface area (Å²) in [7, 11) is -0.770. The summed E-state index contributed by atoms with van der Waals surface area (Å²) in [6.45, 7) is 4.12. The second-order valence-electron chi connectivity index (χ2n) is 1.78. The molecule has 0 saturated carbocycles. The fraction of sp³-hybridized carbons (Fsp3) is 0.600. The van der Waals surface area contributed by atoms with E-state index in [-0.39, 0.29) is 5.03 Å². The summed E-state index contributed by atoms with van der Waals surface area (Å²) >= 11 is 2.18. The van der Waals surface area contributed by atoms with Gasteiger partial charge in [-0.25, -0.2) is 8.42 Å². The van der Waals surface area contributed by atoms with Crippen molar-refractivity contribution in [2.24, 2.45) is 0 Å². The van der Waals surface area contributed by atoms with E-state index in [1.165, 1.54) is 0 Å². The number of rotatable bonds is 4. The van der Waals surface area contributed by atoms with E-state index in [0.717, 1.165) is 11.0 Å². The predicted molar refractivity (Wildman–Crippen MR) is 51.0 cm³/mol. The first-order valence-electron chi connectivity index (χ1n) is 2.70. The molecule has 10 heavy (non-hydrogen) atoms. The Kier molecular flexibility index (Phi) is 5.06. The smallest absolute Gasteiger partial charge is 0.182 e. The minimum absolute atomic E-state index is 0.187. The SMILES string of the molecule is C=C(N(C)CCI)[SH](=O)=O. The van der Waals surface area contributed by atoms with E-state index in [0.29, 0.717) is 0 Å². The summed E-state index contributed by atoms with van der Waals surface area (Å²) in [5.41, 5.74) is 0. The van der Waals surface area contributed by atoms with Crippen molar-refractivity contribution < 1.29 is 8.42 Å². The van der Waals surface area contributed by atoms with Crippen molar-refractivity contribution in [1.29, 1.82) is 0 Å². The van der Waals surface area contributed by atoms with Gasteiger partial charge in [-0.15, -0.1) is 0 Å². The minimum atomic E-state index is -2.48. The van der Waals surface area contributed by atoms with Crippen molar-refractivity contribution in [3.05, 3.63) is 11.6 Å². The van der Waals surface area contributed by atoms with Gasteiger partial charge in [0.2, 0.25) is 0 Å². The quantitative estimate of drug-likeness (QED) is 0.459. The Labute approximate surface area is 76.2 Å². The third-order valence-corrected chi connectivity index (χ3v) is 2.32. The molecule has 0 unspecified atom stereocenters. The molecule has 0 aromatic heterocycles. The molecule has 0 spiro atoms. The summed E-state index contributed by atoms with van der Waals surface area (Å²) in [6, 6.07) is 0. The average molecular weight is 275 g/mol. The van der Waals surface area contributed by atoms with Crippen molar-refractivity contribution in [2.75, 3.05) is 18.0 Å². The topological polar surface area (TPSA) is 37.4 Å². The van der Waals surface area contributed by atoms with Crippen LogP contribution >= 0.6 is 22.6 Å². The highest BCUT2D eigenvalue weighted by Crippen LogP contribution is 1.98. The molecule has 3 nitrogen and oxygen atoms in total. The molecule has 5 heteroatoms. The molecule has 0 aromatic carbocycles. The summed E-state index contributed by atoms with van der Waals surface area (Å²) in [4.78, 5) is 1.62. The van der Waals surface area contributed by atoms with Crippen LogP contribution in [-0.2, 0) is 10.7 Å². The molecule has 0 saturated heterocycles. The second kappa shape index (κ2) is 4.95. The summed E-state index contributed by atoms with van der Waals surface area (Å²) < 4.78 is 21.5. The number of hydrogen-bond acceptors (Lipinski definition) is 3. The van der Waals surface area contributed by atoms with Crippen LogP contribution in [0.3, 0.4) is 0 Å². The van der Waals surface area contributed by atoms with E-state index in [2.05, 4.69) is 29.2 Å². The van der Waals surface area contributed by atoms with Gasteiger partial charge in [0, 0.05) is 18.0 Å². The van der Waals surface area contributed by atoms with Gasteiger partial charge >= 0.3 is 0 Å². The van der Waals surface area contributed by atoms with E-state index in [1.807, 2.05) is 0 Å². The van der Waals surface area contributed by atoms with E-state index < -0.39 is 10.7 Å². The Morgan fingerprint density at radius 3 is 2.50 bits per heavy atom. The van der Waals surface area contributed by atoms with Gasteiger partial charge in [0.25, 0.3) is 0 Å². The lowest BCUT2D eigenvalue weighted by atomic mass is 10.6. The molecule has 0 bridgehead atoms. The Bertz CT molecular complexity index is 182. The summed E-state index contributed by atoms with van der Waals surface area (Å²) in [6.07, 6.45) is 0. The molecular weight excluding hydrogens is 265 g/mol. The maximum atomic E-state index is 10.3. The molecule has 0 aliphatic rings.